The molecule has 1 aromatic rings. The molecule has 0 aliphatic heterocycles. The van der Waals surface area contributed by atoms with Crippen molar-refractivity contribution in [2.24, 2.45) is 4.99 Å². The maximum absolute atomic E-state index is 11.8. The van der Waals surface area contributed by atoms with E-state index in [2.05, 4.69) is 20.9 Å². The number of nitrogens with zero attached hydrogens (tertiary/aromatic N) is 1. The highest BCUT2D eigenvalue weighted by Crippen LogP contribution is 2.11. The van der Waals surface area contributed by atoms with Crippen LogP contribution in [0.5, 0.6) is 0 Å². The summed E-state index contributed by atoms with van der Waals surface area (Å²) in [5, 5.41) is 18.8. The van der Waals surface area contributed by atoms with E-state index in [0.29, 0.717) is 18.3 Å². The van der Waals surface area contributed by atoms with Gasteiger partial charge in [-0.25, -0.2) is 4.99 Å². The van der Waals surface area contributed by atoms with Gasteiger partial charge in [0.1, 0.15) is 18.4 Å². The Bertz CT molecular complexity index is 483. The Labute approximate surface area is 154 Å². The SMILES string of the molecule is CCNC(=NCC(=O)NC(C)(C)C)NCC(O)c1ccco1.I. The summed E-state index contributed by atoms with van der Waals surface area (Å²) in [5.41, 5.74) is -0.284. The third-order valence-electron chi connectivity index (χ3n) is 2.57. The minimum absolute atomic E-state index is 0. The van der Waals surface area contributed by atoms with Gasteiger partial charge in [0.15, 0.2) is 5.96 Å². The molecule has 0 spiro atoms. The molecule has 0 fully saturated rings. The second-order valence-electron chi connectivity index (χ2n) is 5.91. The molecule has 0 radical (unpaired) electrons. The molecule has 132 valence electrons. The first-order chi connectivity index (χ1) is 10.3. The van der Waals surface area contributed by atoms with Crippen LogP contribution in [0, 0.1) is 0 Å². The highest BCUT2D eigenvalue weighted by molar-refractivity contribution is 14.0. The van der Waals surface area contributed by atoms with E-state index < -0.39 is 6.10 Å². The fourth-order valence-electron chi connectivity index (χ4n) is 1.73. The van der Waals surface area contributed by atoms with Crippen molar-refractivity contribution in [2.75, 3.05) is 19.6 Å². The van der Waals surface area contributed by atoms with Gasteiger partial charge >= 0.3 is 0 Å². The van der Waals surface area contributed by atoms with Gasteiger partial charge in [-0.15, -0.1) is 24.0 Å². The number of aliphatic hydroxyl groups excluding tert-OH is 1. The molecule has 1 aromatic heterocycles. The second-order valence-corrected chi connectivity index (χ2v) is 5.91. The fraction of sp³-hybridized carbons (Fsp3) is 0.600. The lowest BCUT2D eigenvalue weighted by Gasteiger charge is -2.20. The predicted molar refractivity (Wildman–Crippen MR) is 101 cm³/mol. The van der Waals surface area contributed by atoms with Crippen molar-refractivity contribution in [1.82, 2.24) is 16.0 Å². The second kappa shape index (κ2) is 10.5. The van der Waals surface area contributed by atoms with Crippen LogP contribution in [-0.2, 0) is 4.79 Å². The number of hydrogen-bond donors (Lipinski definition) is 4. The zero-order valence-corrected chi connectivity index (χ0v) is 16.4. The zero-order valence-electron chi connectivity index (χ0n) is 14.0. The Kier molecular flexibility index (Phi) is 9.89. The predicted octanol–water partition coefficient (Wildman–Crippen LogP) is 1.40. The summed E-state index contributed by atoms with van der Waals surface area (Å²) >= 11 is 0. The van der Waals surface area contributed by atoms with E-state index in [1.807, 2.05) is 27.7 Å². The molecule has 0 saturated carbocycles. The van der Waals surface area contributed by atoms with Gasteiger partial charge in [0, 0.05) is 12.1 Å². The van der Waals surface area contributed by atoms with Gasteiger partial charge < -0.3 is 25.5 Å². The maximum Gasteiger partial charge on any atom is 0.242 e. The molecular formula is C15H27IN4O3. The number of rotatable bonds is 6. The Hall–Kier alpha value is -1.29. The van der Waals surface area contributed by atoms with Crippen molar-refractivity contribution >= 4 is 35.8 Å². The number of amides is 1. The van der Waals surface area contributed by atoms with Crippen molar-refractivity contribution < 1.29 is 14.3 Å². The fourth-order valence-corrected chi connectivity index (χ4v) is 1.73. The zero-order chi connectivity index (χ0) is 16.6. The molecular weight excluding hydrogens is 411 g/mol. The summed E-state index contributed by atoms with van der Waals surface area (Å²) in [5.74, 6) is 0.794. The lowest BCUT2D eigenvalue weighted by Crippen LogP contribution is -2.43. The van der Waals surface area contributed by atoms with E-state index in [1.165, 1.54) is 6.26 Å². The molecule has 0 aliphatic carbocycles. The van der Waals surface area contributed by atoms with Crippen LogP contribution >= 0.6 is 24.0 Å². The summed E-state index contributed by atoms with van der Waals surface area (Å²) < 4.78 is 5.13. The standard InChI is InChI=1S/C15H26N4O3.HI/c1-5-16-14(18-10-13(21)19-15(2,3)4)17-9-11(20)12-7-6-8-22-12;/h6-8,11,20H,5,9-10H2,1-4H3,(H,19,21)(H2,16,17,18);1H. The first-order valence-electron chi connectivity index (χ1n) is 7.36. The molecule has 1 amide bonds. The number of guanidine groups is 1. The number of aliphatic hydroxyl groups is 1. The van der Waals surface area contributed by atoms with Crippen LogP contribution in [0.3, 0.4) is 0 Å². The summed E-state index contributed by atoms with van der Waals surface area (Å²) in [6.45, 7) is 8.58. The lowest BCUT2D eigenvalue weighted by atomic mass is 10.1. The van der Waals surface area contributed by atoms with Gasteiger partial charge in [0.05, 0.1) is 12.8 Å². The number of hydrogen-bond acceptors (Lipinski definition) is 4. The number of aliphatic imine (C=N–C) groups is 1. The van der Waals surface area contributed by atoms with E-state index in [0.717, 1.165) is 0 Å². The smallest absolute Gasteiger partial charge is 0.242 e. The maximum atomic E-state index is 11.8. The van der Waals surface area contributed by atoms with Crippen molar-refractivity contribution in [3.05, 3.63) is 24.2 Å². The van der Waals surface area contributed by atoms with Crippen LogP contribution in [0.25, 0.3) is 0 Å². The number of halogens is 1. The Morgan fingerprint density at radius 1 is 1.39 bits per heavy atom. The van der Waals surface area contributed by atoms with Crippen LogP contribution in [0.15, 0.2) is 27.8 Å². The molecule has 7 nitrogen and oxygen atoms in total. The average Bonchev–Trinajstić information content (AvgIpc) is 2.93. The summed E-state index contributed by atoms with van der Waals surface area (Å²) in [6, 6.07) is 3.42. The minimum atomic E-state index is -0.776. The molecule has 1 heterocycles. The minimum Gasteiger partial charge on any atom is -0.467 e. The van der Waals surface area contributed by atoms with Crippen LogP contribution < -0.4 is 16.0 Å². The van der Waals surface area contributed by atoms with Gasteiger partial charge in [-0.05, 0) is 39.8 Å². The number of nitrogens with one attached hydrogen (secondary N) is 3. The van der Waals surface area contributed by atoms with Gasteiger partial charge in [0.25, 0.3) is 0 Å². The van der Waals surface area contributed by atoms with Gasteiger partial charge in [-0.2, -0.15) is 0 Å². The molecule has 0 bridgehead atoms. The summed E-state index contributed by atoms with van der Waals surface area (Å²) in [6.07, 6.45) is 0.733. The molecule has 0 saturated heterocycles. The molecule has 1 atom stereocenters. The normalized spacial score (nSPS) is 13.0. The van der Waals surface area contributed by atoms with Crippen molar-refractivity contribution in [2.45, 2.75) is 39.3 Å². The van der Waals surface area contributed by atoms with Gasteiger partial charge in [-0.3, -0.25) is 4.79 Å². The molecule has 4 N–H and O–H groups in total. The molecule has 8 heteroatoms. The monoisotopic (exact) mass is 438 g/mol. The summed E-state index contributed by atoms with van der Waals surface area (Å²) in [7, 11) is 0. The molecule has 1 rings (SSSR count). The first-order valence-corrected chi connectivity index (χ1v) is 7.36. The lowest BCUT2D eigenvalue weighted by molar-refractivity contribution is -0.121. The first kappa shape index (κ1) is 21.7. The van der Waals surface area contributed by atoms with Crippen LogP contribution in [0.4, 0.5) is 0 Å². The van der Waals surface area contributed by atoms with Crippen molar-refractivity contribution in [3.63, 3.8) is 0 Å². The molecule has 1 unspecified atom stereocenters. The van der Waals surface area contributed by atoms with Crippen molar-refractivity contribution in [3.8, 4) is 0 Å². The van der Waals surface area contributed by atoms with E-state index >= 15 is 0 Å². The van der Waals surface area contributed by atoms with Crippen molar-refractivity contribution in [1.29, 1.82) is 0 Å². The highest BCUT2D eigenvalue weighted by Gasteiger charge is 2.14. The third-order valence-corrected chi connectivity index (χ3v) is 2.57. The van der Waals surface area contributed by atoms with Crippen LogP contribution in [0.1, 0.15) is 39.6 Å². The molecule has 0 aromatic carbocycles. The highest BCUT2D eigenvalue weighted by atomic mass is 127. The number of carbonyl (C=O) groups excluding carboxylic acids is 1. The van der Waals surface area contributed by atoms with E-state index in [-0.39, 0.29) is 48.5 Å². The average molecular weight is 438 g/mol. The van der Waals surface area contributed by atoms with E-state index in [1.54, 1.807) is 12.1 Å². The number of carbonyl (C=O) groups is 1. The Morgan fingerprint density at radius 2 is 2.09 bits per heavy atom. The Balaban J connectivity index is 0.00000484. The molecule has 0 aliphatic rings. The largest absolute Gasteiger partial charge is 0.467 e. The van der Waals surface area contributed by atoms with E-state index in [9.17, 15) is 9.90 Å². The quantitative estimate of drug-likeness (QED) is 0.306. The third kappa shape index (κ3) is 9.44. The molecule has 23 heavy (non-hydrogen) atoms. The van der Waals surface area contributed by atoms with Crippen LogP contribution in [-0.4, -0.2) is 42.1 Å². The summed E-state index contributed by atoms with van der Waals surface area (Å²) in [4.78, 5) is 15.9. The Morgan fingerprint density at radius 3 is 2.61 bits per heavy atom. The van der Waals surface area contributed by atoms with E-state index in [4.69, 9.17) is 4.42 Å². The van der Waals surface area contributed by atoms with Crippen LogP contribution in [0.2, 0.25) is 0 Å². The topological polar surface area (TPSA) is 98.9 Å². The van der Waals surface area contributed by atoms with Gasteiger partial charge in [0.2, 0.25) is 5.91 Å². The number of furan rings is 1. The van der Waals surface area contributed by atoms with Gasteiger partial charge in [-0.1, -0.05) is 0 Å².